The van der Waals surface area contributed by atoms with Crippen LogP contribution in [0.25, 0.3) is 0 Å². The minimum Gasteiger partial charge on any atom is -0.300 e. The van der Waals surface area contributed by atoms with Crippen molar-refractivity contribution in [2.75, 3.05) is 14.0 Å². The number of para-hydroxylation sites is 6. The van der Waals surface area contributed by atoms with Crippen molar-refractivity contribution in [2.24, 2.45) is 0 Å². The van der Waals surface area contributed by atoms with Crippen molar-refractivity contribution in [1.29, 1.82) is 0 Å². The Hall–Kier alpha value is -2.93. The fraction of sp³-hybridized carbons (Fsp3) is 0. The molecule has 3 unspecified atom stereocenters. The van der Waals surface area contributed by atoms with E-state index in [0.717, 1.165) is 39.0 Å². The molecule has 0 radical (unpaired) electrons. The second kappa shape index (κ2) is 13.9. The van der Waals surface area contributed by atoms with E-state index in [4.69, 9.17) is 35.9 Å². The summed E-state index contributed by atoms with van der Waals surface area (Å²) in [6.45, 7) is 0. The second-order valence-electron chi connectivity index (χ2n) is 12.9. The minimum absolute atomic E-state index is 1.10. The molecule has 0 bridgehead atoms. The third-order valence-corrected chi connectivity index (χ3v) is 30.6. The normalized spacial score (nSPS) is 22.6. The summed E-state index contributed by atoms with van der Waals surface area (Å²) in [6.07, 6.45) is 0. The van der Waals surface area contributed by atoms with Crippen LogP contribution in [0.1, 0.15) is 0 Å². The molecule has 0 fully saturated rings. The maximum Gasteiger partial charge on any atom is 0.262 e. The Bertz CT molecular complexity index is 2540. The van der Waals surface area contributed by atoms with Gasteiger partial charge in [-0.25, -0.2) is 0 Å². The van der Waals surface area contributed by atoms with E-state index in [1.54, 1.807) is 0 Å². The van der Waals surface area contributed by atoms with E-state index in [2.05, 4.69) is 196 Å². The Balaban J connectivity index is 1.24. The Morgan fingerprint density at radius 2 is 0.833 bits per heavy atom. The average Bonchev–Trinajstić information content (AvgIpc) is 3.83. The van der Waals surface area contributed by atoms with Crippen LogP contribution in [-0.4, -0.2) is 0 Å². The zero-order valence-corrected chi connectivity index (χ0v) is 36.2. The number of hydrogen-bond donors (Lipinski definition) is 1. The zero-order chi connectivity index (χ0) is 36.5. The van der Waals surface area contributed by atoms with Gasteiger partial charge in [0.25, 0.3) is 5.82 Å². The summed E-state index contributed by atoms with van der Waals surface area (Å²) in [6, 6.07) is 65.2. The number of benzene rings is 7. The van der Waals surface area contributed by atoms with Crippen LogP contribution in [0.4, 0.5) is 34.1 Å². The highest BCUT2D eigenvalue weighted by atomic mass is 33.1. The number of thiol groups is 1. The number of fused-ring (bicyclic) bond motifs is 3. The number of anilines is 6. The molecule has 10 rings (SSSR count). The van der Waals surface area contributed by atoms with Crippen LogP contribution >= 0.6 is 63.0 Å². The molecule has 12 heteroatoms. The largest absolute Gasteiger partial charge is 0.300 e. The van der Waals surface area contributed by atoms with Gasteiger partial charge >= 0.3 is 0 Å². The molecule has 7 aromatic carbocycles. The van der Waals surface area contributed by atoms with Gasteiger partial charge in [-0.15, -0.1) is 0 Å². The lowest BCUT2D eigenvalue weighted by Gasteiger charge is -2.34. The standard InChI is InChI=1S/C42H31N3P3S6/c49-46(43(31-16-4-1-5-17-31)37-22-10-13-25-40(37)52-46)34-28-35(47(50)44(32-18-6-2-7-19-32)38-23-11-14-26-41(38)53-47)30-36(29-34)48(51)45(33-20-8-3-9-21-33)39-24-12-15-27-42(39)54-48/h1-30,49H/q+1. The quantitative estimate of drug-likeness (QED) is 0.129. The SMILES string of the molecule is S=P1(c2cc(P3(=S)Sc4ccccc4N3c3ccccc3)cc([P+]3(S)Sc4ccccc4N3c3ccccc3)c2)Sc2ccccc2N1c1ccccc1. The smallest absolute Gasteiger partial charge is 0.262 e. The summed E-state index contributed by atoms with van der Waals surface area (Å²) >= 11 is 25.6. The number of nitrogens with zero attached hydrogens (tertiary/aromatic N) is 3. The molecule has 0 aliphatic carbocycles. The Morgan fingerprint density at radius 1 is 0.444 bits per heavy atom. The van der Waals surface area contributed by atoms with E-state index in [9.17, 15) is 0 Å². The summed E-state index contributed by atoms with van der Waals surface area (Å²) in [4.78, 5) is 3.64. The van der Waals surface area contributed by atoms with Crippen LogP contribution in [0, 0.1) is 0 Å². The average molecular weight is 863 g/mol. The van der Waals surface area contributed by atoms with Crippen LogP contribution in [0.5, 0.6) is 0 Å². The van der Waals surface area contributed by atoms with Crippen LogP contribution in [0.3, 0.4) is 0 Å². The van der Waals surface area contributed by atoms with Crippen LogP contribution in [0.2, 0.25) is 0 Å². The predicted octanol–water partition coefficient (Wildman–Crippen LogP) is 13.7. The molecule has 3 heterocycles. The van der Waals surface area contributed by atoms with Gasteiger partial charge in [0.1, 0.15) is 16.1 Å². The van der Waals surface area contributed by atoms with Crippen molar-refractivity contribution >= 4 is 137 Å². The van der Waals surface area contributed by atoms with Crippen molar-refractivity contribution in [1.82, 2.24) is 0 Å². The minimum atomic E-state index is -2.58. The van der Waals surface area contributed by atoms with Crippen LogP contribution < -0.4 is 29.9 Å². The molecular weight excluding hydrogens is 832 g/mol. The molecule has 0 N–H and O–H groups in total. The molecule has 264 valence electrons. The molecular formula is C42H31N3P3S6+. The van der Waals surface area contributed by atoms with Crippen molar-refractivity contribution in [2.45, 2.75) is 14.7 Å². The number of hydrogen-bond acceptors (Lipinski definition) is 7. The molecule has 54 heavy (non-hydrogen) atoms. The summed E-state index contributed by atoms with van der Waals surface area (Å²) in [7, 11) is 0. The van der Waals surface area contributed by atoms with Gasteiger partial charge in [0.2, 0.25) is 0 Å². The van der Waals surface area contributed by atoms with Gasteiger partial charge in [-0.3, -0.25) is 9.34 Å². The molecule has 7 aromatic rings. The summed E-state index contributed by atoms with van der Waals surface area (Å²) in [5.41, 5.74) is 6.82. The zero-order valence-electron chi connectivity index (χ0n) is 28.5. The van der Waals surface area contributed by atoms with E-state index >= 15 is 0 Å². The third-order valence-electron chi connectivity index (χ3n) is 9.63. The fourth-order valence-corrected chi connectivity index (χ4v) is 28.5. The first-order valence-electron chi connectivity index (χ1n) is 17.3. The van der Waals surface area contributed by atoms with Crippen LogP contribution in [-0.2, 0) is 23.6 Å². The monoisotopic (exact) mass is 862 g/mol. The maximum atomic E-state index is 7.09. The Morgan fingerprint density at radius 3 is 1.31 bits per heavy atom. The number of rotatable bonds is 6. The molecule has 0 saturated carbocycles. The van der Waals surface area contributed by atoms with Gasteiger partial charge in [-0.2, -0.15) is 4.67 Å². The molecule has 3 aliphatic rings. The summed E-state index contributed by atoms with van der Waals surface area (Å²) in [5.74, 6) is -2.48. The highest BCUT2D eigenvalue weighted by molar-refractivity contribution is 8.93. The predicted molar refractivity (Wildman–Crippen MR) is 252 cm³/mol. The van der Waals surface area contributed by atoms with Gasteiger partial charge in [0, 0.05) is 44.0 Å². The fourth-order valence-electron chi connectivity index (χ4n) is 7.25. The van der Waals surface area contributed by atoms with Crippen molar-refractivity contribution in [3.05, 3.63) is 182 Å². The van der Waals surface area contributed by atoms with E-state index in [0.29, 0.717) is 0 Å². The van der Waals surface area contributed by atoms with E-state index in [1.165, 1.54) is 25.7 Å². The van der Waals surface area contributed by atoms with Gasteiger partial charge in [-0.05, 0) is 91.0 Å². The lowest BCUT2D eigenvalue weighted by atomic mass is 10.2. The third kappa shape index (κ3) is 5.70. The molecule has 3 aliphatic heterocycles. The summed E-state index contributed by atoms with van der Waals surface area (Å²) < 4.78 is 7.37. The Kier molecular flexibility index (Phi) is 9.15. The van der Waals surface area contributed by atoms with E-state index in [1.807, 2.05) is 34.1 Å². The van der Waals surface area contributed by atoms with E-state index in [-0.39, 0.29) is 0 Å². The molecule has 0 aromatic heterocycles. The van der Waals surface area contributed by atoms with Gasteiger partial charge in [0.05, 0.1) is 39.0 Å². The van der Waals surface area contributed by atoms with Crippen molar-refractivity contribution < 1.29 is 0 Å². The maximum absolute atomic E-state index is 7.09. The lowest BCUT2D eigenvalue weighted by Crippen LogP contribution is -2.29. The highest BCUT2D eigenvalue weighted by Gasteiger charge is 2.56. The summed E-state index contributed by atoms with van der Waals surface area (Å²) in [5, 5.41) is -1.70. The van der Waals surface area contributed by atoms with Gasteiger partial charge in [-0.1, -0.05) is 137 Å². The first-order valence-corrected chi connectivity index (χ1v) is 30.0. The van der Waals surface area contributed by atoms with Crippen molar-refractivity contribution in [3.63, 3.8) is 0 Å². The highest BCUT2D eigenvalue weighted by Crippen LogP contribution is 2.85. The molecule has 0 amide bonds. The van der Waals surface area contributed by atoms with Gasteiger partial charge < -0.3 is 0 Å². The molecule has 3 atom stereocenters. The van der Waals surface area contributed by atoms with Crippen LogP contribution in [0.15, 0.2) is 197 Å². The first kappa shape index (κ1) is 35.5. The lowest BCUT2D eigenvalue weighted by molar-refractivity contribution is 1.35. The molecule has 3 nitrogen and oxygen atoms in total. The molecule has 0 spiro atoms. The van der Waals surface area contributed by atoms with Gasteiger partial charge in [0.15, 0.2) is 0 Å². The molecule has 0 saturated heterocycles. The first-order chi connectivity index (χ1) is 26.4. The van der Waals surface area contributed by atoms with Crippen molar-refractivity contribution in [3.8, 4) is 0 Å². The Labute approximate surface area is 344 Å². The topological polar surface area (TPSA) is 9.72 Å². The second-order valence-corrected chi connectivity index (χ2v) is 34.2. The van der Waals surface area contributed by atoms with E-state index < -0.39 is 16.6 Å².